The molecule has 60 valence electrons. The van der Waals surface area contributed by atoms with Gasteiger partial charge in [0.2, 0.25) is 0 Å². The Morgan fingerprint density at radius 3 is 3.18 bits per heavy atom. The zero-order chi connectivity index (χ0) is 7.94. The molecule has 0 fully saturated rings. The van der Waals surface area contributed by atoms with Crippen molar-refractivity contribution >= 4 is 17.4 Å². The van der Waals surface area contributed by atoms with Crippen molar-refractivity contribution in [3.63, 3.8) is 0 Å². The van der Waals surface area contributed by atoms with E-state index in [2.05, 4.69) is 41.2 Å². The van der Waals surface area contributed by atoms with Crippen molar-refractivity contribution in [2.75, 3.05) is 13.1 Å². The van der Waals surface area contributed by atoms with Crippen LogP contribution in [0, 0.1) is 0 Å². The monoisotopic (exact) mass is 167 g/mol. The molecule has 0 aromatic carbocycles. The number of rotatable bonds is 4. The summed E-state index contributed by atoms with van der Waals surface area (Å²) in [6, 6.07) is 2.12. The normalized spacial score (nSPS) is 11.0. The molecule has 1 nitrogen and oxygen atoms in total. The molecule has 0 radical (unpaired) electrons. The van der Waals surface area contributed by atoms with Gasteiger partial charge in [0.1, 0.15) is 0 Å². The third-order valence-electron chi connectivity index (χ3n) is 1.37. The molecule has 0 aliphatic carbocycles. The quantitative estimate of drug-likeness (QED) is 0.679. The van der Waals surface area contributed by atoms with Gasteiger partial charge in [-0.2, -0.15) is 11.3 Å². The van der Waals surface area contributed by atoms with Crippen molar-refractivity contribution in [1.82, 2.24) is 5.32 Å². The van der Waals surface area contributed by atoms with E-state index in [1.54, 1.807) is 11.3 Å². The molecule has 1 aromatic heterocycles. The molecule has 0 amide bonds. The molecule has 1 heterocycles. The van der Waals surface area contributed by atoms with Gasteiger partial charge in [-0.3, -0.25) is 0 Å². The maximum atomic E-state index is 3.23. The molecule has 0 aliphatic rings. The summed E-state index contributed by atoms with van der Waals surface area (Å²) in [6.07, 6.45) is 4.28. The fourth-order valence-corrected chi connectivity index (χ4v) is 1.42. The third-order valence-corrected chi connectivity index (χ3v) is 2.07. The smallest absolute Gasteiger partial charge is 0.0138 e. The van der Waals surface area contributed by atoms with Crippen molar-refractivity contribution < 1.29 is 0 Å². The minimum absolute atomic E-state index is 0.965. The van der Waals surface area contributed by atoms with Crippen LogP contribution >= 0.6 is 11.3 Å². The summed E-state index contributed by atoms with van der Waals surface area (Å²) in [5.74, 6) is 0. The van der Waals surface area contributed by atoms with Crippen LogP contribution in [0.2, 0.25) is 0 Å². The molecule has 1 rings (SSSR count). The van der Waals surface area contributed by atoms with E-state index < -0.39 is 0 Å². The Kier molecular flexibility index (Phi) is 3.94. The lowest BCUT2D eigenvalue weighted by Gasteiger charge is -1.91. The first kappa shape index (κ1) is 8.50. The van der Waals surface area contributed by atoms with Crippen LogP contribution < -0.4 is 5.32 Å². The molecule has 11 heavy (non-hydrogen) atoms. The molecule has 0 bridgehead atoms. The van der Waals surface area contributed by atoms with Gasteiger partial charge in [-0.25, -0.2) is 0 Å². The van der Waals surface area contributed by atoms with Crippen LogP contribution in [0.3, 0.4) is 0 Å². The highest BCUT2D eigenvalue weighted by molar-refractivity contribution is 7.08. The Morgan fingerprint density at radius 1 is 1.64 bits per heavy atom. The van der Waals surface area contributed by atoms with E-state index in [-0.39, 0.29) is 0 Å². The van der Waals surface area contributed by atoms with Gasteiger partial charge in [0.25, 0.3) is 0 Å². The zero-order valence-corrected chi connectivity index (χ0v) is 7.53. The number of nitrogens with one attached hydrogen (secondary N) is 1. The van der Waals surface area contributed by atoms with Gasteiger partial charge in [0.15, 0.2) is 0 Å². The van der Waals surface area contributed by atoms with E-state index in [4.69, 9.17) is 0 Å². The van der Waals surface area contributed by atoms with E-state index in [1.807, 2.05) is 0 Å². The molecule has 0 saturated heterocycles. The van der Waals surface area contributed by atoms with Gasteiger partial charge in [0, 0.05) is 6.54 Å². The Labute approximate surface area is 71.8 Å². The van der Waals surface area contributed by atoms with Gasteiger partial charge in [-0.1, -0.05) is 19.1 Å². The highest BCUT2D eigenvalue weighted by atomic mass is 32.1. The van der Waals surface area contributed by atoms with E-state index in [0.29, 0.717) is 0 Å². The first-order valence-corrected chi connectivity index (χ1v) is 4.77. The van der Waals surface area contributed by atoms with Crippen LogP contribution in [0.25, 0.3) is 6.08 Å². The Hall–Kier alpha value is -0.600. The first-order chi connectivity index (χ1) is 5.43. The fourth-order valence-electron chi connectivity index (χ4n) is 0.793. The fraction of sp³-hybridized carbons (Fsp3) is 0.333. The van der Waals surface area contributed by atoms with Crippen LogP contribution in [-0.4, -0.2) is 13.1 Å². The molecule has 0 spiro atoms. The van der Waals surface area contributed by atoms with Crippen LogP contribution in [0.1, 0.15) is 12.5 Å². The van der Waals surface area contributed by atoms with Gasteiger partial charge in [-0.05, 0) is 28.9 Å². The summed E-state index contributed by atoms with van der Waals surface area (Å²) in [6.45, 7) is 4.11. The molecular formula is C9H13NS. The van der Waals surface area contributed by atoms with Crippen molar-refractivity contribution in [2.24, 2.45) is 0 Å². The topological polar surface area (TPSA) is 12.0 Å². The van der Waals surface area contributed by atoms with E-state index in [9.17, 15) is 0 Å². The molecule has 1 aromatic rings. The number of thiophene rings is 1. The van der Waals surface area contributed by atoms with Gasteiger partial charge < -0.3 is 5.32 Å². The zero-order valence-electron chi connectivity index (χ0n) is 6.71. The Bertz CT molecular complexity index is 201. The standard InChI is InChI=1S/C9H13NS/c1-2-10-6-3-4-9-5-7-11-8-9/h3-5,7-8,10H,2,6H2,1H3. The van der Waals surface area contributed by atoms with Crippen molar-refractivity contribution in [3.8, 4) is 0 Å². The minimum atomic E-state index is 0.965. The maximum Gasteiger partial charge on any atom is 0.0138 e. The summed E-state index contributed by atoms with van der Waals surface area (Å²) < 4.78 is 0. The van der Waals surface area contributed by atoms with Crippen molar-refractivity contribution in [2.45, 2.75) is 6.92 Å². The van der Waals surface area contributed by atoms with E-state index in [1.165, 1.54) is 5.56 Å². The second kappa shape index (κ2) is 5.10. The van der Waals surface area contributed by atoms with Crippen molar-refractivity contribution in [3.05, 3.63) is 28.5 Å². The predicted octanol–water partition coefficient (Wildman–Crippen LogP) is 2.37. The van der Waals surface area contributed by atoms with Gasteiger partial charge >= 0.3 is 0 Å². The van der Waals surface area contributed by atoms with Crippen LogP contribution in [0.15, 0.2) is 22.9 Å². The Morgan fingerprint density at radius 2 is 2.55 bits per heavy atom. The highest BCUT2D eigenvalue weighted by Gasteiger charge is 1.82. The molecule has 0 atom stereocenters. The number of likely N-dealkylation sites (N-methyl/N-ethyl adjacent to an activating group) is 1. The largest absolute Gasteiger partial charge is 0.314 e. The summed E-state index contributed by atoms with van der Waals surface area (Å²) in [5, 5.41) is 7.46. The minimum Gasteiger partial charge on any atom is -0.314 e. The first-order valence-electron chi connectivity index (χ1n) is 3.83. The van der Waals surface area contributed by atoms with Gasteiger partial charge in [-0.15, -0.1) is 0 Å². The SMILES string of the molecule is CCNCC=Cc1ccsc1. The predicted molar refractivity (Wildman–Crippen MR) is 51.9 cm³/mol. The van der Waals surface area contributed by atoms with Crippen LogP contribution in [0.4, 0.5) is 0 Å². The Balaban J connectivity index is 2.25. The van der Waals surface area contributed by atoms with Crippen LogP contribution in [0.5, 0.6) is 0 Å². The van der Waals surface area contributed by atoms with Crippen LogP contribution in [-0.2, 0) is 0 Å². The molecule has 1 N–H and O–H groups in total. The number of hydrogen-bond donors (Lipinski definition) is 1. The van der Waals surface area contributed by atoms with E-state index >= 15 is 0 Å². The average molecular weight is 167 g/mol. The number of hydrogen-bond acceptors (Lipinski definition) is 2. The molecule has 0 saturated carbocycles. The van der Waals surface area contributed by atoms with Gasteiger partial charge in [0.05, 0.1) is 0 Å². The lowest BCUT2D eigenvalue weighted by molar-refractivity contribution is 0.801. The summed E-state index contributed by atoms with van der Waals surface area (Å²) in [7, 11) is 0. The summed E-state index contributed by atoms with van der Waals surface area (Å²) >= 11 is 1.73. The lowest BCUT2D eigenvalue weighted by atomic mass is 10.3. The molecule has 0 unspecified atom stereocenters. The van der Waals surface area contributed by atoms with Crippen molar-refractivity contribution in [1.29, 1.82) is 0 Å². The maximum absolute atomic E-state index is 3.23. The molecule has 2 heteroatoms. The highest BCUT2D eigenvalue weighted by Crippen LogP contribution is 2.06. The summed E-state index contributed by atoms with van der Waals surface area (Å²) in [5.41, 5.74) is 1.30. The molecule has 0 aliphatic heterocycles. The second-order valence-corrected chi connectivity index (χ2v) is 3.05. The molecular weight excluding hydrogens is 154 g/mol. The summed E-state index contributed by atoms with van der Waals surface area (Å²) in [4.78, 5) is 0. The average Bonchev–Trinajstić information content (AvgIpc) is 2.50. The second-order valence-electron chi connectivity index (χ2n) is 2.27. The third kappa shape index (κ3) is 3.35. The van der Waals surface area contributed by atoms with E-state index in [0.717, 1.165) is 13.1 Å². The lowest BCUT2D eigenvalue weighted by Crippen LogP contribution is -2.11.